The zero-order valence-electron chi connectivity index (χ0n) is 13.3. The van der Waals surface area contributed by atoms with Crippen LogP contribution in [0.2, 0.25) is 0 Å². The van der Waals surface area contributed by atoms with Crippen LogP contribution in [0.1, 0.15) is 59.3 Å². The second-order valence-electron chi connectivity index (χ2n) is 7.41. The minimum absolute atomic E-state index is 0.175. The molecule has 20 heavy (non-hydrogen) atoms. The molecule has 4 nitrogen and oxygen atoms in total. The molecule has 2 aliphatic rings. The summed E-state index contributed by atoms with van der Waals surface area (Å²) in [6, 6.07) is 0.541. The van der Waals surface area contributed by atoms with E-state index >= 15 is 0 Å². The van der Waals surface area contributed by atoms with Crippen molar-refractivity contribution in [3.05, 3.63) is 0 Å². The molecule has 0 radical (unpaired) electrons. The summed E-state index contributed by atoms with van der Waals surface area (Å²) < 4.78 is 5.99. The van der Waals surface area contributed by atoms with E-state index in [0.29, 0.717) is 24.0 Å². The smallest absolute Gasteiger partial charge is 0.188 e. The van der Waals surface area contributed by atoms with Crippen molar-refractivity contribution in [3.8, 4) is 0 Å². The Labute approximate surface area is 123 Å². The van der Waals surface area contributed by atoms with Gasteiger partial charge in [0.25, 0.3) is 0 Å². The van der Waals surface area contributed by atoms with E-state index in [4.69, 9.17) is 10.5 Å². The maximum atomic E-state index is 6.02. The number of guanidine groups is 1. The van der Waals surface area contributed by atoms with Crippen molar-refractivity contribution in [1.82, 2.24) is 5.32 Å². The van der Waals surface area contributed by atoms with Gasteiger partial charge in [-0.2, -0.15) is 0 Å². The Kier molecular flexibility index (Phi) is 5.30. The number of nitrogens with zero attached hydrogens (tertiary/aromatic N) is 1. The van der Waals surface area contributed by atoms with E-state index in [-0.39, 0.29) is 5.41 Å². The van der Waals surface area contributed by atoms with Gasteiger partial charge in [0.05, 0.1) is 6.10 Å². The molecule has 0 aromatic rings. The van der Waals surface area contributed by atoms with Crippen molar-refractivity contribution in [1.29, 1.82) is 0 Å². The van der Waals surface area contributed by atoms with E-state index in [9.17, 15) is 0 Å². The maximum absolute atomic E-state index is 6.02. The number of ether oxygens (including phenoxy) is 1. The van der Waals surface area contributed by atoms with Gasteiger partial charge in [-0.05, 0) is 31.1 Å². The zero-order valence-corrected chi connectivity index (χ0v) is 13.3. The summed E-state index contributed by atoms with van der Waals surface area (Å²) in [4.78, 5) is 4.58. The average molecular weight is 281 g/mol. The van der Waals surface area contributed by atoms with E-state index in [1.165, 1.54) is 32.1 Å². The summed E-state index contributed by atoms with van der Waals surface area (Å²) in [5.74, 6) is 1.11. The summed E-state index contributed by atoms with van der Waals surface area (Å²) in [5.41, 5.74) is 6.20. The lowest BCUT2D eigenvalue weighted by Crippen LogP contribution is -2.43. The Hall–Kier alpha value is -0.770. The van der Waals surface area contributed by atoms with E-state index in [0.717, 1.165) is 19.6 Å². The summed E-state index contributed by atoms with van der Waals surface area (Å²) in [6.45, 7) is 8.42. The molecular weight excluding hydrogens is 250 g/mol. The molecule has 3 N–H and O–H groups in total. The van der Waals surface area contributed by atoms with Gasteiger partial charge in [-0.3, -0.25) is 4.99 Å². The van der Waals surface area contributed by atoms with Gasteiger partial charge in [0.2, 0.25) is 0 Å². The second kappa shape index (κ2) is 6.79. The molecule has 1 aliphatic heterocycles. The zero-order chi connectivity index (χ0) is 14.6. The molecule has 4 heteroatoms. The van der Waals surface area contributed by atoms with Crippen molar-refractivity contribution >= 4 is 5.96 Å². The van der Waals surface area contributed by atoms with Gasteiger partial charge in [0.1, 0.15) is 0 Å². The highest BCUT2D eigenvalue weighted by atomic mass is 16.5. The van der Waals surface area contributed by atoms with Crippen LogP contribution in [0.15, 0.2) is 4.99 Å². The number of nitrogens with two attached hydrogens (primary N) is 1. The Morgan fingerprint density at radius 3 is 2.55 bits per heavy atom. The third-order valence-corrected chi connectivity index (χ3v) is 4.50. The van der Waals surface area contributed by atoms with E-state index in [1.807, 2.05) is 0 Å². The molecule has 2 fully saturated rings. The molecule has 116 valence electrons. The molecule has 1 saturated heterocycles. The number of hydrogen-bond acceptors (Lipinski definition) is 2. The molecule has 2 atom stereocenters. The van der Waals surface area contributed by atoms with Crippen LogP contribution in [0.5, 0.6) is 0 Å². The molecule has 1 saturated carbocycles. The molecule has 0 aromatic heterocycles. The normalized spacial score (nSPS) is 29.6. The fourth-order valence-electron chi connectivity index (χ4n) is 3.53. The molecular formula is C16H31N3O. The highest BCUT2D eigenvalue weighted by Crippen LogP contribution is 2.34. The molecule has 0 amide bonds. The predicted molar refractivity (Wildman–Crippen MR) is 83.8 cm³/mol. The topological polar surface area (TPSA) is 59.6 Å². The highest BCUT2D eigenvalue weighted by molar-refractivity contribution is 5.78. The Morgan fingerprint density at radius 2 is 1.90 bits per heavy atom. The number of aliphatic imine (C=N–C) groups is 1. The van der Waals surface area contributed by atoms with Gasteiger partial charge in [0, 0.05) is 25.1 Å². The summed E-state index contributed by atoms with van der Waals surface area (Å²) in [7, 11) is 0. The largest absolute Gasteiger partial charge is 0.377 e. The SMILES string of the molecule is CC(C)(C)C1OCCCC1CN=C(N)NC1CCCC1. The van der Waals surface area contributed by atoms with Gasteiger partial charge < -0.3 is 15.8 Å². The number of rotatable bonds is 3. The van der Waals surface area contributed by atoms with E-state index in [1.54, 1.807) is 0 Å². The fourth-order valence-corrected chi connectivity index (χ4v) is 3.53. The fraction of sp³-hybridized carbons (Fsp3) is 0.938. The predicted octanol–water partition coefficient (Wildman–Crippen LogP) is 2.67. The van der Waals surface area contributed by atoms with Gasteiger partial charge >= 0.3 is 0 Å². The quantitative estimate of drug-likeness (QED) is 0.617. The minimum Gasteiger partial charge on any atom is -0.377 e. The Bertz CT molecular complexity index is 329. The van der Waals surface area contributed by atoms with E-state index in [2.05, 4.69) is 31.1 Å². The number of hydrogen-bond donors (Lipinski definition) is 2. The molecule has 0 aromatic carbocycles. The van der Waals surface area contributed by atoms with Gasteiger partial charge in [-0.1, -0.05) is 33.6 Å². The highest BCUT2D eigenvalue weighted by Gasteiger charge is 2.35. The lowest BCUT2D eigenvalue weighted by Gasteiger charge is -2.39. The van der Waals surface area contributed by atoms with Crippen LogP contribution in [0.25, 0.3) is 0 Å². The third-order valence-electron chi connectivity index (χ3n) is 4.50. The minimum atomic E-state index is 0.175. The monoisotopic (exact) mass is 281 g/mol. The van der Waals surface area contributed by atoms with Crippen LogP contribution in [0.4, 0.5) is 0 Å². The standard InChI is InChI=1S/C16H31N3O/c1-16(2,3)14-12(7-6-10-20-14)11-18-15(17)19-13-8-4-5-9-13/h12-14H,4-11H2,1-3H3,(H3,17,18,19). The van der Waals surface area contributed by atoms with Crippen LogP contribution in [0, 0.1) is 11.3 Å². The second-order valence-corrected chi connectivity index (χ2v) is 7.41. The van der Waals surface area contributed by atoms with Crippen LogP contribution < -0.4 is 11.1 Å². The van der Waals surface area contributed by atoms with Crippen LogP contribution >= 0.6 is 0 Å². The Morgan fingerprint density at radius 1 is 1.20 bits per heavy atom. The van der Waals surface area contributed by atoms with Crippen LogP contribution in [-0.4, -0.2) is 31.3 Å². The third kappa shape index (κ3) is 4.37. The van der Waals surface area contributed by atoms with Gasteiger partial charge in [-0.15, -0.1) is 0 Å². The number of nitrogens with one attached hydrogen (secondary N) is 1. The molecule has 0 spiro atoms. The molecule has 2 unspecified atom stereocenters. The molecule has 1 heterocycles. The van der Waals surface area contributed by atoms with Crippen molar-refractivity contribution in [2.45, 2.75) is 71.4 Å². The summed E-state index contributed by atoms with van der Waals surface area (Å²) in [6.07, 6.45) is 7.71. The molecule has 0 bridgehead atoms. The Balaban J connectivity index is 1.86. The van der Waals surface area contributed by atoms with Crippen molar-refractivity contribution in [2.24, 2.45) is 22.1 Å². The van der Waals surface area contributed by atoms with Crippen molar-refractivity contribution in [2.75, 3.05) is 13.2 Å². The van der Waals surface area contributed by atoms with Gasteiger partial charge in [-0.25, -0.2) is 0 Å². The lowest BCUT2D eigenvalue weighted by atomic mass is 9.78. The molecule has 2 rings (SSSR count). The maximum Gasteiger partial charge on any atom is 0.188 e. The first-order chi connectivity index (χ1) is 9.47. The van der Waals surface area contributed by atoms with E-state index < -0.39 is 0 Å². The van der Waals surface area contributed by atoms with Crippen molar-refractivity contribution < 1.29 is 4.74 Å². The lowest BCUT2D eigenvalue weighted by molar-refractivity contribution is -0.0823. The average Bonchev–Trinajstić information content (AvgIpc) is 2.88. The first kappa shape index (κ1) is 15.6. The van der Waals surface area contributed by atoms with Crippen LogP contribution in [-0.2, 0) is 4.74 Å². The van der Waals surface area contributed by atoms with Crippen molar-refractivity contribution in [3.63, 3.8) is 0 Å². The molecule has 1 aliphatic carbocycles. The summed E-state index contributed by atoms with van der Waals surface area (Å²) >= 11 is 0. The first-order valence-corrected chi connectivity index (χ1v) is 8.15. The van der Waals surface area contributed by atoms with Gasteiger partial charge in [0.15, 0.2) is 5.96 Å². The first-order valence-electron chi connectivity index (χ1n) is 8.15. The van der Waals surface area contributed by atoms with Crippen LogP contribution in [0.3, 0.4) is 0 Å². The summed E-state index contributed by atoms with van der Waals surface area (Å²) in [5, 5.41) is 3.36.